The summed E-state index contributed by atoms with van der Waals surface area (Å²) < 4.78 is 5.55. The van der Waals surface area contributed by atoms with Gasteiger partial charge in [-0.3, -0.25) is 4.79 Å². The first-order valence-electron chi connectivity index (χ1n) is 8.47. The van der Waals surface area contributed by atoms with Gasteiger partial charge in [-0.2, -0.15) is 0 Å². The van der Waals surface area contributed by atoms with Crippen LogP contribution in [0.5, 0.6) is 5.75 Å². The van der Waals surface area contributed by atoms with Crippen molar-refractivity contribution in [2.24, 2.45) is 0 Å². The molecule has 0 radical (unpaired) electrons. The third kappa shape index (κ3) is 3.85. The first-order chi connectivity index (χ1) is 11.1. The number of rotatable bonds is 5. The van der Waals surface area contributed by atoms with E-state index in [0.29, 0.717) is 19.5 Å². The number of hydrogen-bond acceptors (Lipinski definition) is 4. The number of benzene rings is 1. The van der Waals surface area contributed by atoms with Gasteiger partial charge in [0, 0.05) is 24.1 Å². The van der Waals surface area contributed by atoms with E-state index in [9.17, 15) is 9.90 Å². The van der Waals surface area contributed by atoms with E-state index in [4.69, 9.17) is 4.74 Å². The predicted molar refractivity (Wildman–Crippen MR) is 95.8 cm³/mol. The van der Waals surface area contributed by atoms with E-state index in [1.54, 1.807) is 7.11 Å². The van der Waals surface area contributed by atoms with E-state index < -0.39 is 6.10 Å². The highest BCUT2D eigenvalue weighted by Gasteiger charge is 2.39. The number of ether oxygens (including phenoxy) is 1. The minimum Gasteiger partial charge on any atom is -0.496 e. The summed E-state index contributed by atoms with van der Waals surface area (Å²) in [5.74, 6) is 0.890. The molecule has 1 saturated carbocycles. The van der Waals surface area contributed by atoms with Crippen molar-refractivity contribution in [1.82, 2.24) is 10.6 Å². The Balaban J connectivity index is 0.00000208. The molecule has 0 aromatic heterocycles. The van der Waals surface area contributed by atoms with Crippen LogP contribution in [0.4, 0.5) is 0 Å². The van der Waals surface area contributed by atoms with Crippen molar-refractivity contribution >= 4 is 18.3 Å². The number of carbonyl (C=O) groups is 1. The number of nitrogens with one attached hydrogen (secondary N) is 2. The van der Waals surface area contributed by atoms with Crippen LogP contribution in [0.1, 0.15) is 37.7 Å². The quantitative estimate of drug-likeness (QED) is 0.753. The SMILES string of the molecule is COc1ccccc1C1(CNC(=O)C2CC(O)CN2)CCCC1.Cl. The minimum atomic E-state index is -0.416. The van der Waals surface area contributed by atoms with Gasteiger partial charge in [0.1, 0.15) is 5.75 Å². The molecule has 0 bridgehead atoms. The maximum Gasteiger partial charge on any atom is 0.237 e. The van der Waals surface area contributed by atoms with Crippen molar-refractivity contribution in [3.8, 4) is 5.75 Å². The number of amides is 1. The fourth-order valence-electron chi connectivity index (χ4n) is 3.97. The van der Waals surface area contributed by atoms with Gasteiger partial charge in [-0.1, -0.05) is 31.0 Å². The number of methoxy groups -OCH3 is 1. The lowest BCUT2D eigenvalue weighted by molar-refractivity contribution is -0.123. The molecule has 0 spiro atoms. The number of aliphatic hydroxyl groups excluding tert-OH is 1. The molecule has 5 nitrogen and oxygen atoms in total. The summed E-state index contributed by atoms with van der Waals surface area (Å²) in [6.07, 6.45) is 4.55. The summed E-state index contributed by atoms with van der Waals surface area (Å²) >= 11 is 0. The topological polar surface area (TPSA) is 70.6 Å². The highest BCUT2D eigenvalue weighted by molar-refractivity contribution is 5.85. The second kappa shape index (κ2) is 8.19. The van der Waals surface area contributed by atoms with Gasteiger partial charge in [0.25, 0.3) is 0 Å². The van der Waals surface area contributed by atoms with Crippen LogP contribution in [-0.2, 0) is 10.2 Å². The average molecular weight is 355 g/mol. The van der Waals surface area contributed by atoms with Crippen LogP contribution in [0, 0.1) is 0 Å². The van der Waals surface area contributed by atoms with E-state index in [1.807, 2.05) is 18.2 Å². The Bertz CT molecular complexity index is 561. The zero-order chi connectivity index (χ0) is 16.3. The zero-order valence-corrected chi connectivity index (χ0v) is 14.9. The predicted octanol–water partition coefficient (Wildman–Crippen LogP) is 1.77. The van der Waals surface area contributed by atoms with E-state index in [2.05, 4.69) is 16.7 Å². The van der Waals surface area contributed by atoms with Gasteiger partial charge in [-0.05, 0) is 25.3 Å². The Morgan fingerprint density at radius 1 is 1.38 bits per heavy atom. The van der Waals surface area contributed by atoms with E-state index in [1.165, 1.54) is 18.4 Å². The summed E-state index contributed by atoms with van der Waals surface area (Å²) in [6.45, 7) is 1.12. The number of β-amino-alcohol motifs (C(OH)–C–C–N with tert-alkyl or cyclic N) is 1. The van der Waals surface area contributed by atoms with Crippen LogP contribution in [0.15, 0.2) is 24.3 Å². The van der Waals surface area contributed by atoms with Crippen molar-refractivity contribution in [3.05, 3.63) is 29.8 Å². The van der Waals surface area contributed by atoms with Crippen LogP contribution >= 0.6 is 12.4 Å². The van der Waals surface area contributed by atoms with Gasteiger partial charge < -0.3 is 20.5 Å². The summed E-state index contributed by atoms with van der Waals surface area (Å²) in [4.78, 5) is 12.4. The van der Waals surface area contributed by atoms with E-state index >= 15 is 0 Å². The Morgan fingerprint density at radius 2 is 2.08 bits per heavy atom. The number of halogens is 1. The second-order valence-corrected chi connectivity index (χ2v) is 6.76. The van der Waals surface area contributed by atoms with Crippen molar-refractivity contribution in [2.45, 2.75) is 49.7 Å². The molecule has 1 amide bonds. The average Bonchev–Trinajstić information content (AvgIpc) is 3.22. The molecule has 1 heterocycles. The third-order valence-electron chi connectivity index (χ3n) is 5.26. The molecule has 1 aliphatic heterocycles. The largest absolute Gasteiger partial charge is 0.496 e. The number of carbonyl (C=O) groups excluding carboxylic acids is 1. The van der Waals surface area contributed by atoms with E-state index in [-0.39, 0.29) is 29.8 Å². The number of aliphatic hydroxyl groups is 1. The Labute approximate surface area is 149 Å². The van der Waals surface area contributed by atoms with Crippen LogP contribution in [0.3, 0.4) is 0 Å². The van der Waals surface area contributed by atoms with Crippen molar-refractivity contribution in [2.75, 3.05) is 20.2 Å². The molecule has 3 rings (SSSR count). The van der Waals surface area contributed by atoms with Gasteiger partial charge in [0.2, 0.25) is 5.91 Å². The molecule has 2 aliphatic rings. The van der Waals surface area contributed by atoms with Crippen molar-refractivity contribution in [1.29, 1.82) is 0 Å². The number of para-hydroxylation sites is 1. The fourth-order valence-corrected chi connectivity index (χ4v) is 3.97. The van der Waals surface area contributed by atoms with Gasteiger partial charge in [0.15, 0.2) is 0 Å². The third-order valence-corrected chi connectivity index (χ3v) is 5.26. The van der Waals surface area contributed by atoms with Crippen molar-refractivity contribution < 1.29 is 14.6 Å². The molecule has 1 aromatic carbocycles. The molecule has 2 atom stereocenters. The summed E-state index contributed by atoms with van der Waals surface area (Å²) in [7, 11) is 1.70. The highest BCUT2D eigenvalue weighted by atomic mass is 35.5. The van der Waals surface area contributed by atoms with Crippen LogP contribution in [0.25, 0.3) is 0 Å². The first-order valence-corrected chi connectivity index (χ1v) is 8.47. The fraction of sp³-hybridized carbons (Fsp3) is 0.611. The van der Waals surface area contributed by atoms with Gasteiger partial charge in [-0.15, -0.1) is 12.4 Å². The number of hydrogen-bond donors (Lipinski definition) is 3. The molecular formula is C18H27ClN2O3. The normalized spacial score (nSPS) is 25.1. The first kappa shape index (κ1) is 19.0. The Hall–Kier alpha value is -1.30. The van der Waals surface area contributed by atoms with Gasteiger partial charge in [-0.25, -0.2) is 0 Å². The molecule has 3 N–H and O–H groups in total. The molecular weight excluding hydrogens is 328 g/mol. The monoisotopic (exact) mass is 354 g/mol. The summed E-state index contributed by atoms with van der Waals surface area (Å²) in [5.41, 5.74) is 1.15. The molecule has 24 heavy (non-hydrogen) atoms. The molecule has 134 valence electrons. The lowest BCUT2D eigenvalue weighted by Crippen LogP contribution is -2.46. The van der Waals surface area contributed by atoms with Crippen LogP contribution in [-0.4, -0.2) is 43.4 Å². The minimum absolute atomic E-state index is 0. The van der Waals surface area contributed by atoms with Crippen molar-refractivity contribution in [3.63, 3.8) is 0 Å². The summed E-state index contributed by atoms with van der Waals surface area (Å²) in [6, 6.07) is 7.85. The highest BCUT2D eigenvalue weighted by Crippen LogP contribution is 2.44. The molecule has 2 fully saturated rings. The zero-order valence-electron chi connectivity index (χ0n) is 14.1. The van der Waals surface area contributed by atoms with Gasteiger partial charge >= 0.3 is 0 Å². The Morgan fingerprint density at radius 3 is 2.71 bits per heavy atom. The smallest absolute Gasteiger partial charge is 0.237 e. The standard InChI is InChI=1S/C18H26N2O3.ClH/c1-23-16-7-3-2-6-14(16)18(8-4-5-9-18)12-20-17(22)15-10-13(21)11-19-15;/h2-3,6-7,13,15,19,21H,4-5,8-12H2,1H3,(H,20,22);1H. The maximum atomic E-state index is 12.4. The lowest BCUT2D eigenvalue weighted by atomic mass is 9.78. The van der Waals surface area contributed by atoms with Crippen LogP contribution < -0.4 is 15.4 Å². The molecule has 6 heteroatoms. The summed E-state index contributed by atoms with van der Waals surface area (Å²) in [5, 5.41) is 15.7. The van der Waals surface area contributed by atoms with E-state index in [0.717, 1.165) is 18.6 Å². The Kier molecular flexibility index (Phi) is 6.49. The second-order valence-electron chi connectivity index (χ2n) is 6.76. The molecule has 1 saturated heterocycles. The lowest BCUT2D eigenvalue weighted by Gasteiger charge is -2.31. The molecule has 2 unspecified atom stereocenters. The maximum absolute atomic E-state index is 12.4. The van der Waals surface area contributed by atoms with Gasteiger partial charge in [0.05, 0.1) is 19.3 Å². The molecule has 1 aromatic rings. The van der Waals surface area contributed by atoms with Crippen LogP contribution in [0.2, 0.25) is 0 Å². The molecule has 1 aliphatic carbocycles.